The van der Waals surface area contributed by atoms with Gasteiger partial charge in [-0.05, 0) is 26.0 Å². The molecule has 1 aromatic carbocycles. The lowest BCUT2D eigenvalue weighted by Crippen LogP contribution is -2.39. The van der Waals surface area contributed by atoms with Gasteiger partial charge >= 0.3 is 5.97 Å². The number of esters is 1. The standard InChI is InChI=1S/C16H23FN2O4/c1-12(2)19(11-20)8-7-18-9-13(21)10-23-16(22)14-5-3-4-6-15(14)17/h3-6,11-13,18,21H,7-10H2,1-2H3. The maximum Gasteiger partial charge on any atom is 0.341 e. The third kappa shape index (κ3) is 6.75. The molecule has 1 aromatic rings. The molecule has 2 N–H and O–H groups in total. The van der Waals surface area contributed by atoms with E-state index in [1.807, 2.05) is 13.8 Å². The monoisotopic (exact) mass is 326 g/mol. The van der Waals surface area contributed by atoms with Gasteiger partial charge in [-0.25, -0.2) is 9.18 Å². The van der Waals surface area contributed by atoms with Crippen molar-refractivity contribution in [3.8, 4) is 0 Å². The summed E-state index contributed by atoms with van der Waals surface area (Å²) < 4.78 is 18.3. The van der Waals surface area contributed by atoms with Gasteiger partial charge in [-0.3, -0.25) is 4.79 Å². The first-order valence-corrected chi connectivity index (χ1v) is 7.47. The third-order valence-electron chi connectivity index (χ3n) is 3.23. The highest BCUT2D eigenvalue weighted by atomic mass is 19.1. The number of amides is 1. The Balaban J connectivity index is 2.24. The number of carbonyl (C=O) groups is 2. The summed E-state index contributed by atoms with van der Waals surface area (Å²) in [6.07, 6.45) is -0.131. The van der Waals surface area contributed by atoms with E-state index in [2.05, 4.69) is 5.32 Å². The van der Waals surface area contributed by atoms with Crippen LogP contribution >= 0.6 is 0 Å². The fourth-order valence-corrected chi connectivity index (χ4v) is 1.84. The Morgan fingerprint density at radius 2 is 2.13 bits per heavy atom. The number of aliphatic hydroxyl groups excluding tert-OH is 1. The van der Waals surface area contributed by atoms with Crippen molar-refractivity contribution in [2.75, 3.05) is 26.2 Å². The van der Waals surface area contributed by atoms with Gasteiger partial charge in [0, 0.05) is 25.7 Å². The predicted molar refractivity (Wildman–Crippen MR) is 83.5 cm³/mol. The number of hydrogen-bond donors (Lipinski definition) is 2. The van der Waals surface area contributed by atoms with E-state index >= 15 is 0 Å². The minimum absolute atomic E-state index is 0.112. The Hall–Kier alpha value is -1.99. The molecular weight excluding hydrogens is 303 g/mol. The Bertz CT molecular complexity index is 511. The van der Waals surface area contributed by atoms with E-state index in [0.29, 0.717) is 13.1 Å². The van der Waals surface area contributed by atoms with Crippen LogP contribution in [-0.2, 0) is 9.53 Å². The Morgan fingerprint density at radius 3 is 2.74 bits per heavy atom. The average molecular weight is 326 g/mol. The van der Waals surface area contributed by atoms with Gasteiger partial charge in [0.1, 0.15) is 18.5 Å². The number of nitrogens with zero attached hydrogens (tertiary/aromatic N) is 1. The predicted octanol–water partition coefficient (Wildman–Crippen LogP) is 0.800. The van der Waals surface area contributed by atoms with Gasteiger partial charge in [-0.2, -0.15) is 0 Å². The summed E-state index contributed by atoms with van der Waals surface area (Å²) in [5, 5.41) is 12.7. The molecule has 23 heavy (non-hydrogen) atoms. The summed E-state index contributed by atoms with van der Waals surface area (Å²) in [6.45, 7) is 4.81. The molecular formula is C16H23FN2O4. The fourth-order valence-electron chi connectivity index (χ4n) is 1.84. The smallest absolute Gasteiger partial charge is 0.341 e. The molecule has 0 aliphatic heterocycles. The molecule has 1 amide bonds. The summed E-state index contributed by atoms with van der Waals surface area (Å²) >= 11 is 0. The van der Waals surface area contributed by atoms with Crippen LogP contribution in [0, 0.1) is 5.82 Å². The van der Waals surface area contributed by atoms with Crippen molar-refractivity contribution >= 4 is 12.4 Å². The van der Waals surface area contributed by atoms with Crippen LogP contribution in [-0.4, -0.2) is 60.8 Å². The average Bonchev–Trinajstić information content (AvgIpc) is 2.52. The van der Waals surface area contributed by atoms with E-state index in [0.717, 1.165) is 6.41 Å². The number of aliphatic hydroxyl groups is 1. The largest absolute Gasteiger partial charge is 0.459 e. The van der Waals surface area contributed by atoms with Crippen LogP contribution in [0.2, 0.25) is 0 Å². The first-order chi connectivity index (χ1) is 11.0. The zero-order valence-electron chi connectivity index (χ0n) is 13.4. The van der Waals surface area contributed by atoms with Gasteiger partial charge in [-0.1, -0.05) is 12.1 Å². The normalized spacial score (nSPS) is 12.0. The van der Waals surface area contributed by atoms with Crippen LogP contribution in [0.25, 0.3) is 0 Å². The van der Waals surface area contributed by atoms with Crippen molar-refractivity contribution in [3.63, 3.8) is 0 Å². The Labute approximate surface area is 135 Å². The molecule has 6 nitrogen and oxygen atoms in total. The van der Waals surface area contributed by atoms with Crippen LogP contribution in [0.4, 0.5) is 4.39 Å². The zero-order valence-corrected chi connectivity index (χ0v) is 13.4. The van der Waals surface area contributed by atoms with Crippen LogP contribution in [0.15, 0.2) is 24.3 Å². The van der Waals surface area contributed by atoms with Crippen molar-refractivity contribution < 1.29 is 23.8 Å². The Morgan fingerprint density at radius 1 is 1.43 bits per heavy atom. The molecule has 0 aromatic heterocycles. The topological polar surface area (TPSA) is 78.9 Å². The second-order valence-corrected chi connectivity index (χ2v) is 5.37. The van der Waals surface area contributed by atoms with E-state index in [1.54, 1.807) is 4.90 Å². The SMILES string of the molecule is CC(C)N(C=O)CCNCC(O)COC(=O)c1ccccc1F. The molecule has 0 radical (unpaired) electrons. The summed E-state index contributed by atoms with van der Waals surface area (Å²) in [6, 6.07) is 5.61. The Kier molecular flexibility index (Phi) is 8.21. The van der Waals surface area contributed by atoms with Gasteiger partial charge in [0.2, 0.25) is 6.41 Å². The molecule has 0 saturated heterocycles. The van der Waals surface area contributed by atoms with Crippen LogP contribution in [0.5, 0.6) is 0 Å². The molecule has 7 heteroatoms. The summed E-state index contributed by atoms with van der Waals surface area (Å²) in [5.74, 6) is -1.47. The van der Waals surface area contributed by atoms with E-state index in [4.69, 9.17) is 4.74 Å². The summed E-state index contributed by atoms with van der Waals surface area (Å²) in [5.41, 5.74) is -0.161. The maximum atomic E-state index is 13.4. The highest BCUT2D eigenvalue weighted by Gasteiger charge is 2.14. The fraction of sp³-hybridized carbons (Fsp3) is 0.500. The van der Waals surface area contributed by atoms with Gasteiger partial charge in [0.15, 0.2) is 0 Å². The molecule has 1 atom stereocenters. The number of nitrogens with one attached hydrogen (secondary N) is 1. The van der Waals surface area contributed by atoms with Crippen molar-refractivity contribution in [1.29, 1.82) is 0 Å². The molecule has 0 spiro atoms. The number of carbonyl (C=O) groups excluding carboxylic acids is 2. The lowest BCUT2D eigenvalue weighted by molar-refractivity contribution is -0.119. The van der Waals surface area contributed by atoms with Gasteiger partial charge in [0.25, 0.3) is 0 Å². The number of benzene rings is 1. The molecule has 0 fully saturated rings. The lowest BCUT2D eigenvalue weighted by atomic mass is 10.2. The van der Waals surface area contributed by atoms with Gasteiger partial charge in [-0.15, -0.1) is 0 Å². The first-order valence-electron chi connectivity index (χ1n) is 7.47. The second-order valence-electron chi connectivity index (χ2n) is 5.37. The zero-order chi connectivity index (χ0) is 17.2. The molecule has 128 valence electrons. The quantitative estimate of drug-likeness (QED) is 0.378. The van der Waals surface area contributed by atoms with Crippen molar-refractivity contribution in [1.82, 2.24) is 10.2 Å². The molecule has 0 bridgehead atoms. The van der Waals surface area contributed by atoms with Gasteiger partial charge < -0.3 is 20.1 Å². The third-order valence-corrected chi connectivity index (χ3v) is 3.23. The van der Waals surface area contributed by atoms with Crippen LogP contribution in [0.3, 0.4) is 0 Å². The minimum Gasteiger partial charge on any atom is -0.459 e. The van der Waals surface area contributed by atoms with Crippen molar-refractivity contribution in [2.24, 2.45) is 0 Å². The molecule has 0 aliphatic rings. The maximum absolute atomic E-state index is 13.4. The highest BCUT2D eigenvalue weighted by Crippen LogP contribution is 2.08. The van der Waals surface area contributed by atoms with Gasteiger partial charge in [0.05, 0.1) is 5.56 Å². The number of hydrogen-bond acceptors (Lipinski definition) is 5. The number of halogens is 1. The highest BCUT2D eigenvalue weighted by molar-refractivity contribution is 5.89. The summed E-state index contributed by atoms with van der Waals surface area (Å²) in [7, 11) is 0. The van der Waals surface area contributed by atoms with E-state index in [1.165, 1.54) is 24.3 Å². The first kappa shape index (κ1) is 19.1. The van der Waals surface area contributed by atoms with Crippen LogP contribution < -0.4 is 5.32 Å². The van der Waals surface area contributed by atoms with E-state index in [-0.39, 0.29) is 24.8 Å². The molecule has 1 unspecified atom stereocenters. The molecule has 0 heterocycles. The van der Waals surface area contributed by atoms with Crippen molar-refractivity contribution in [2.45, 2.75) is 26.0 Å². The van der Waals surface area contributed by atoms with Crippen LogP contribution in [0.1, 0.15) is 24.2 Å². The van der Waals surface area contributed by atoms with Crippen molar-refractivity contribution in [3.05, 3.63) is 35.6 Å². The number of ether oxygens (including phenoxy) is 1. The lowest BCUT2D eigenvalue weighted by Gasteiger charge is -2.22. The van der Waals surface area contributed by atoms with E-state index in [9.17, 15) is 19.1 Å². The second kappa shape index (κ2) is 9.91. The minimum atomic E-state index is -0.908. The number of rotatable bonds is 10. The summed E-state index contributed by atoms with van der Waals surface area (Å²) in [4.78, 5) is 24.1. The van der Waals surface area contributed by atoms with E-state index < -0.39 is 17.9 Å². The molecule has 0 aliphatic carbocycles. The molecule has 1 rings (SSSR count). The molecule has 0 saturated carbocycles.